The zero-order chi connectivity index (χ0) is 27.7. The predicted octanol–water partition coefficient (Wildman–Crippen LogP) is 6.41. The number of aliphatic hydroxyl groups excluding tert-OH is 1. The molecule has 3 atom stereocenters. The van der Waals surface area contributed by atoms with Crippen LogP contribution in [0.4, 0.5) is 10.2 Å². The third-order valence-electron chi connectivity index (χ3n) is 6.81. The quantitative estimate of drug-likeness (QED) is 0.168. The van der Waals surface area contributed by atoms with Gasteiger partial charge in [0.05, 0.1) is 23.4 Å². The van der Waals surface area contributed by atoms with Crippen LogP contribution in [-0.2, 0) is 15.1 Å². The van der Waals surface area contributed by atoms with Gasteiger partial charge in [0.25, 0.3) is 0 Å². The number of pyridine rings is 1. The Bertz CT molecular complexity index is 1540. The molecule has 1 saturated heterocycles. The van der Waals surface area contributed by atoms with Crippen molar-refractivity contribution in [2.45, 2.75) is 23.9 Å². The lowest BCUT2D eigenvalue weighted by Gasteiger charge is -2.45. The van der Waals surface area contributed by atoms with E-state index in [1.54, 1.807) is 42.5 Å². The van der Waals surface area contributed by atoms with Crippen molar-refractivity contribution in [2.24, 2.45) is 0 Å². The Labute approximate surface area is 244 Å². The van der Waals surface area contributed by atoms with E-state index in [1.807, 2.05) is 16.8 Å². The van der Waals surface area contributed by atoms with E-state index in [1.165, 1.54) is 33.8 Å². The third kappa shape index (κ3) is 5.05. The number of hydrogen-bond acceptors (Lipinski definition) is 7. The van der Waals surface area contributed by atoms with E-state index in [0.717, 1.165) is 0 Å². The lowest BCUT2D eigenvalue weighted by atomic mass is 9.75. The van der Waals surface area contributed by atoms with Crippen LogP contribution >= 0.6 is 47.4 Å². The van der Waals surface area contributed by atoms with Gasteiger partial charge in [0, 0.05) is 11.4 Å². The number of piperidine rings is 1. The van der Waals surface area contributed by atoms with Crippen LogP contribution in [0.1, 0.15) is 40.8 Å². The highest BCUT2D eigenvalue weighted by atomic mass is 35.5. The smallest absolute Gasteiger partial charge is 0.248 e. The van der Waals surface area contributed by atoms with Crippen molar-refractivity contribution in [3.05, 3.63) is 116 Å². The molecule has 2 aromatic carbocycles. The summed E-state index contributed by atoms with van der Waals surface area (Å²) in [4.78, 5) is 32.2. The minimum atomic E-state index is -1.29. The summed E-state index contributed by atoms with van der Waals surface area (Å²) in [7, 11) is 0. The molecule has 1 fully saturated rings. The molecule has 1 aliphatic rings. The third-order valence-corrected chi connectivity index (χ3v) is 8.66. The topological polar surface area (TPSA) is 82.5 Å². The van der Waals surface area contributed by atoms with Crippen LogP contribution in [0.3, 0.4) is 0 Å². The maximum absolute atomic E-state index is 13.8. The maximum atomic E-state index is 13.8. The highest BCUT2D eigenvalue weighted by molar-refractivity contribution is 7.78. The van der Waals surface area contributed by atoms with Crippen molar-refractivity contribution in [3.8, 4) is 0 Å². The zero-order valence-electron chi connectivity index (χ0n) is 20.2. The first-order valence-electron chi connectivity index (χ1n) is 11.9. The number of thiol groups is 1. The fraction of sp³-hybridized carbons (Fsp3) is 0.179. The van der Waals surface area contributed by atoms with Crippen molar-refractivity contribution in [1.29, 1.82) is 0 Å². The number of carbonyl (C=O) groups is 2. The van der Waals surface area contributed by atoms with Crippen LogP contribution in [0.15, 0.2) is 77.5 Å². The van der Waals surface area contributed by atoms with Gasteiger partial charge >= 0.3 is 0 Å². The van der Waals surface area contributed by atoms with Crippen molar-refractivity contribution in [2.75, 3.05) is 11.9 Å². The number of amides is 1. The molecule has 0 saturated carbocycles. The summed E-state index contributed by atoms with van der Waals surface area (Å²) in [6.07, 6.45) is -0.0810. The molecule has 2 aromatic heterocycles. The number of hydrogen-bond donors (Lipinski definition) is 3. The minimum Gasteiger partial charge on any atom is -0.394 e. The van der Waals surface area contributed by atoms with Crippen LogP contribution < -0.4 is 5.32 Å². The molecule has 1 amide bonds. The lowest BCUT2D eigenvalue weighted by molar-refractivity contribution is -0.142. The number of halogens is 3. The SMILES string of the molecule is O=C1CC(c2ccsc2)(c2cccc(NC(CO)c3ccc(F)c(Cl)c3)n2)N(S)C(=O)C1c1ccccc1Cl. The first kappa shape index (κ1) is 27.6. The number of benzene rings is 2. The van der Waals surface area contributed by atoms with Gasteiger partial charge in [0.15, 0.2) is 5.78 Å². The Morgan fingerprint density at radius 2 is 1.92 bits per heavy atom. The summed E-state index contributed by atoms with van der Waals surface area (Å²) in [5.74, 6) is -2.10. The maximum Gasteiger partial charge on any atom is 0.248 e. The van der Waals surface area contributed by atoms with E-state index in [0.29, 0.717) is 33.2 Å². The van der Waals surface area contributed by atoms with Gasteiger partial charge in [-0.2, -0.15) is 11.3 Å². The van der Waals surface area contributed by atoms with Gasteiger partial charge in [-0.1, -0.05) is 66.3 Å². The van der Waals surface area contributed by atoms with E-state index in [9.17, 15) is 19.1 Å². The van der Waals surface area contributed by atoms with E-state index in [4.69, 9.17) is 28.2 Å². The van der Waals surface area contributed by atoms with Crippen molar-refractivity contribution in [3.63, 3.8) is 0 Å². The number of thiophene rings is 1. The van der Waals surface area contributed by atoms with Crippen molar-refractivity contribution < 1.29 is 19.1 Å². The molecule has 6 nitrogen and oxygen atoms in total. The standard InChI is InChI=1S/C28H22Cl2FN3O3S2/c29-19-5-2-1-4-18(19)26-23(36)13-28(34(38)27(26)37,17-10-11-39-15-17)24-6-3-7-25(33-24)32-22(14-35)16-8-9-21(31)20(30)12-16/h1-12,15,22,26,35,38H,13-14H2,(H,32,33). The molecule has 11 heteroatoms. The average molecular weight is 603 g/mol. The molecule has 0 radical (unpaired) electrons. The van der Waals surface area contributed by atoms with E-state index in [2.05, 4.69) is 18.1 Å². The number of nitrogens with zero attached hydrogens (tertiary/aromatic N) is 2. The number of rotatable bonds is 7. The fourth-order valence-electron chi connectivity index (χ4n) is 4.85. The van der Waals surface area contributed by atoms with E-state index >= 15 is 0 Å². The number of aliphatic hydroxyl groups is 1. The number of aromatic nitrogens is 1. The average Bonchev–Trinajstić information content (AvgIpc) is 3.48. The van der Waals surface area contributed by atoms with Gasteiger partial charge in [-0.25, -0.2) is 9.37 Å². The number of carbonyl (C=O) groups excluding carboxylic acids is 2. The van der Waals surface area contributed by atoms with Crippen molar-refractivity contribution >= 4 is 64.9 Å². The summed E-state index contributed by atoms with van der Waals surface area (Å²) < 4.78 is 15.0. The molecule has 2 N–H and O–H groups in total. The molecule has 5 rings (SSSR count). The van der Waals surface area contributed by atoms with Gasteiger partial charge in [-0.15, -0.1) is 0 Å². The van der Waals surface area contributed by atoms with E-state index in [-0.39, 0.29) is 23.8 Å². The minimum absolute atomic E-state index is 0.0658. The Kier molecular flexibility index (Phi) is 7.98. The van der Waals surface area contributed by atoms with Gasteiger partial charge < -0.3 is 10.4 Å². The number of Topliss-reactive ketones (excluding diaryl/α,β-unsaturated/α-hetero) is 1. The first-order chi connectivity index (χ1) is 18.8. The van der Waals surface area contributed by atoms with Gasteiger partial charge in [-0.05, 0) is 63.8 Å². The molecule has 3 heterocycles. The molecule has 0 spiro atoms. The molecule has 0 aliphatic carbocycles. The second-order valence-electron chi connectivity index (χ2n) is 9.08. The predicted molar refractivity (Wildman–Crippen MR) is 154 cm³/mol. The Morgan fingerprint density at radius 3 is 2.62 bits per heavy atom. The Balaban J connectivity index is 1.55. The monoisotopic (exact) mass is 601 g/mol. The molecule has 0 bridgehead atoms. The number of ketones is 1. The Morgan fingerprint density at radius 1 is 1.13 bits per heavy atom. The molecule has 4 aromatic rings. The first-order valence-corrected chi connectivity index (χ1v) is 14.0. The zero-order valence-corrected chi connectivity index (χ0v) is 23.4. The van der Waals surface area contributed by atoms with Gasteiger partial charge in [0.2, 0.25) is 5.91 Å². The summed E-state index contributed by atoms with van der Waals surface area (Å²) in [5.41, 5.74) is 0.800. The molecule has 39 heavy (non-hydrogen) atoms. The van der Waals surface area contributed by atoms with Gasteiger partial charge in [0.1, 0.15) is 23.1 Å². The summed E-state index contributed by atoms with van der Waals surface area (Å²) in [5, 5.41) is 17.2. The summed E-state index contributed by atoms with van der Waals surface area (Å²) in [6.45, 7) is -0.321. The highest BCUT2D eigenvalue weighted by Gasteiger charge is 2.53. The highest BCUT2D eigenvalue weighted by Crippen LogP contribution is 2.48. The van der Waals surface area contributed by atoms with Crippen LogP contribution in [0.5, 0.6) is 0 Å². The fourth-order valence-corrected chi connectivity index (χ4v) is 6.41. The van der Waals surface area contributed by atoms with Crippen LogP contribution in [-0.4, -0.2) is 32.7 Å². The van der Waals surface area contributed by atoms with Crippen molar-refractivity contribution in [1.82, 2.24) is 9.29 Å². The molecular weight excluding hydrogens is 580 g/mol. The normalized spacial score (nSPS) is 20.2. The number of nitrogens with one attached hydrogen (secondary N) is 1. The largest absolute Gasteiger partial charge is 0.394 e. The molecule has 3 unspecified atom stereocenters. The van der Waals surface area contributed by atoms with Crippen LogP contribution in [0.2, 0.25) is 10.0 Å². The summed E-state index contributed by atoms with van der Waals surface area (Å²) >= 11 is 18.4. The molecule has 1 aliphatic heterocycles. The second kappa shape index (κ2) is 11.3. The lowest BCUT2D eigenvalue weighted by Crippen LogP contribution is -2.54. The van der Waals surface area contributed by atoms with E-state index < -0.39 is 29.2 Å². The van der Waals surface area contributed by atoms with Gasteiger partial charge in [-0.3, -0.25) is 13.9 Å². The second-order valence-corrected chi connectivity index (χ2v) is 11.1. The summed E-state index contributed by atoms with van der Waals surface area (Å²) in [6, 6.07) is 17.3. The van der Waals surface area contributed by atoms with Crippen LogP contribution in [0.25, 0.3) is 0 Å². The molecule has 200 valence electrons. The Hall–Kier alpha value is -2.95. The number of anilines is 1. The molecular formula is C28H22Cl2FN3O3S2. The van der Waals surface area contributed by atoms with Crippen LogP contribution in [0, 0.1) is 5.82 Å².